The van der Waals surface area contributed by atoms with Crippen molar-refractivity contribution in [3.63, 3.8) is 0 Å². The van der Waals surface area contributed by atoms with Crippen LogP contribution in [-0.4, -0.2) is 64.6 Å². The van der Waals surface area contributed by atoms with E-state index in [-0.39, 0.29) is 74.8 Å². The zero-order chi connectivity index (χ0) is 80.6. The van der Waals surface area contributed by atoms with Crippen molar-refractivity contribution < 1.29 is 59.1 Å². The van der Waals surface area contributed by atoms with Gasteiger partial charge < -0.3 is 54.3 Å². The van der Waals surface area contributed by atoms with Gasteiger partial charge in [-0.3, -0.25) is 0 Å². The fourth-order valence-electron chi connectivity index (χ4n) is 20.7. The van der Waals surface area contributed by atoms with Gasteiger partial charge in [-0.15, -0.1) is 0 Å². The lowest BCUT2D eigenvalue weighted by molar-refractivity contribution is 0.0102. The monoisotopic (exact) mass is 1520 g/mol. The molecule has 12 nitrogen and oxygen atoms in total. The first-order valence-electron chi connectivity index (χ1n) is 42.7. The van der Waals surface area contributed by atoms with E-state index in [2.05, 4.69) is 180 Å². The summed E-state index contributed by atoms with van der Waals surface area (Å²) in [6.07, 6.45) is 36.3. The van der Waals surface area contributed by atoms with Crippen molar-refractivity contribution in [2.45, 2.75) is 344 Å². The lowest BCUT2D eigenvalue weighted by Gasteiger charge is -2.46. The molecule has 604 valence electrons. The van der Waals surface area contributed by atoms with Crippen molar-refractivity contribution in [1.82, 2.24) is 0 Å². The minimum atomic E-state index is -1.06. The lowest BCUT2D eigenvalue weighted by Crippen LogP contribution is -2.45. The van der Waals surface area contributed by atoms with Gasteiger partial charge in [0.25, 0.3) is 0 Å². The Morgan fingerprint density at radius 2 is 0.622 bits per heavy atom. The Kier molecular flexibility index (Phi) is 25.9. The number of rotatable bonds is 14. The van der Waals surface area contributed by atoms with Crippen molar-refractivity contribution in [3.8, 4) is 57.5 Å². The molecular weight excluding hydrogens is 1380 g/mol. The van der Waals surface area contributed by atoms with Gasteiger partial charge in [-0.2, -0.15) is 0 Å². The molecule has 5 aliphatic heterocycles. The summed E-state index contributed by atoms with van der Waals surface area (Å²) in [5.74, 6) is 7.79. The molecule has 5 heterocycles. The van der Waals surface area contributed by atoms with Gasteiger partial charge in [0, 0.05) is 87.0 Å². The molecule has 5 aliphatic carbocycles. The second-order valence-corrected chi connectivity index (χ2v) is 37.5. The minimum Gasteiger partial charge on any atom is -0.507 e. The van der Waals surface area contributed by atoms with Gasteiger partial charge in [0.1, 0.15) is 91.1 Å². The zero-order valence-electron chi connectivity index (χ0n) is 71.3. The largest absolute Gasteiger partial charge is 0.507 e. The smallest absolute Gasteiger partial charge is 0.339 e. The highest BCUT2D eigenvalue weighted by Gasteiger charge is 2.51. The number of carboxylic acids is 1. The molecule has 0 bridgehead atoms. The van der Waals surface area contributed by atoms with E-state index in [1.807, 2.05) is 43.3 Å². The highest BCUT2D eigenvalue weighted by Crippen LogP contribution is 2.60. The van der Waals surface area contributed by atoms with Crippen molar-refractivity contribution in [1.29, 1.82) is 0 Å². The van der Waals surface area contributed by atoms with Crippen LogP contribution in [0.1, 0.15) is 349 Å². The van der Waals surface area contributed by atoms with Gasteiger partial charge in [-0.05, 0) is 302 Å². The summed E-state index contributed by atoms with van der Waals surface area (Å²) in [6.45, 7) is 43.2. The van der Waals surface area contributed by atoms with Crippen LogP contribution < -0.4 is 23.7 Å². The SMILES string of the molecule is CC1=C[C@H]2c3c(O)cc(C)cc3OC(C)(C)[C@@H]2CC1.CCCCCc1cc(O)c2c(c1)OC(C)(C)[C@@H]1CCC(C)=C[C@@H]21.CCCCCc1cc2c(c(O)c1C(=O)O)[C@@H]1C=C(C)CC[C@H]1C(C)(C)O2.CCCCc1cc(O)c2c(c1)OC(C)(C)[C@@H]1CCC(C)=C[C@@H]21.CCCc1cc(O)c2c(c1)OC(C)(C)[C@@H]1CCC(C)=C[C@@H]21. The van der Waals surface area contributed by atoms with Crippen LogP contribution in [0.3, 0.4) is 0 Å². The minimum absolute atomic E-state index is 0.00490. The van der Waals surface area contributed by atoms with Crippen molar-refractivity contribution in [2.75, 3.05) is 0 Å². The number of unbranched alkanes of at least 4 members (excludes halogenated alkanes) is 5. The molecule has 0 radical (unpaired) electrons. The number of benzene rings is 5. The van der Waals surface area contributed by atoms with Crippen molar-refractivity contribution in [3.05, 3.63) is 174 Å². The average molecular weight is 1520 g/mol. The van der Waals surface area contributed by atoms with Crippen LogP contribution in [0.25, 0.3) is 0 Å². The highest BCUT2D eigenvalue weighted by atomic mass is 16.5. The average Bonchev–Trinajstić information content (AvgIpc) is 0.760. The molecule has 12 heteroatoms. The van der Waals surface area contributed by atoms with Crippen LogP contribution in [0.5, 0.6) is 57.5 Å². The third-order valence-electron chi connectivity index (χ3n) is 26.6. The predicted octanol–water partition coefficient (Wildman–Crippen LogP) is 25.8. The van der Waals surface area contributed by atoms with Crippen molar-refractivity contribution >= 4 is 5.97 Å². The van der Waals surface area contributed by atoms with Gasteiger partial charge in [0.05, 0.1) is 0 Å². The fourth-order valence-corrected chi connectivity index (χ4v) is 20.7. The van der Waals surface area contributed by atoms with E-state index in [1.165, 1.54) is 63.8 Å². The zero-order valence-corrected chi connectivity index (χ0v) is 71.3. The summed E-state index contributed by atoms with van der Waals surface area (Å²) in [4.78, 5) is 11.9. The highest BCUT2D eigenvalue weighted by molar-refractivity contribution is 5.94. The molecule has 111 heavy (non-hydrogen) atoms. The Balaban J connectivity index is 0.000000138. The summed E-state index contributed by atoms with van der Waals surface area (Å²) >= 11 is 0. The molecular formula is C99H136O12. The van der Waals surface area contributed by atoms with Gasteiger partial charge in [0.15, 0.2) is 0 Å². The molecule has 6 N–H and O–H groups in total. The first kappa shape index (κ1) is 84.2. The second-order valence-electron chi connectivity index (χ2n) is 37.5. The Labute approximate surface area is 666 Å². The molecule has 0 saturated carbocycles. The number of carbonyl (C=O) groups is 1. The van der Waals surface area contributed by atoms with Crippen LogP contribution in [0.2, 0.25) is 0 Å². The van der Waals surface area contributed by atoms with Gasteiger partial charge in [-0.1, -0.05) is 124 Å². The maximum Gasteiger partial charge on any atom is 0.339 e. The van der Waals surface area contributed by atoms with Crippen LogP contribution >= 0.6 is 0 Å². The summed E-state index contributed by atoms with van der Waals surface area (Å²) in [5, 5.41) is 62.9. The molecule has 0 saturated heterocycles. The van der Waals surface area contributed by atoms with Gasteiger partial charge in [-0.25, -0.2) is 4.79 Å². The third kappa shape index (κ3) is 18.3. The topological polar surface area (TPSA) is 185 Å². The normalized spacial score (nSPS) is 25.6. The predicted molar refractivity (Wildman–Crippen MR) is 451 cm³/mol. The Hall–Kier alpha value is -7.73. The number of hydrogen-bond donors (Lipinski definition) is 6. The van der Waals surface area contributed by atoms with Gasteiger partial charge in [0.2, 0.25) is 0 Å². The van der Waals surface area contributed by atoms with E-state index in [1.54, 1.807) is 0 Å². The Bertz CT molecular complexity index is 4370. The molecule has 10 aliphatic rings. The maximum atomic E-state index is 11.9. The second kappa shape index (κ2) is 34.1. The number of aromatic hydroxyl groups is 5. The fraction of sp³-hybridized carbons (Fsp3) is 0.586. The standard InChI is InChI=1S/C22H30O4.C21H30O2.C20H28O2.C19H26O2.C17H22O2/c1-5-6-7-8-14-12-17-19(20(23)18(14)21(24)25)15-11-13(2)9-10-16(15)22(3,4)26-17;1-5-6-7-8-15-12-18(22)20-16-11-14(2)9-10-17(16)21(3,4)23-19(20)13-15;1-5-6-7-14-11-17(21)19-15-10-13(2)8-9-16(15)20(3,4)22-18(19)12-14;1-5-6-13-10-16(20)18-14-9-12(2)7-8-15(14)19(3,4)21-17(18)11-13;1-10-5-6-13-12(7-10)16-14(18)8-11(2)9-15(16)19-17(13,3)4/h11-12,15-16,23H,5-10H2,1-4H3,(H,24,25);11-13,16-17,22H,5-10H2,1-4H3;10-12,15-16,21H,5-9H2,1-4H3;9-11,14-15,20H,5-8H2,1-4H3;7-9,12-13,18H,5-6H2,1-4H3/t15-,16-;16-,17-;15-,16-;14-,15-;12-,13-/m11111/s1. The summed E-state index contributed by atoms with van der Waals surface area (Å²) in [5.41, 5.74) is 15.9. The van der Waals surface area contributed by atoms with Gasteiger partial charge >= 0.3 is 5.97 Å². The molecule has 0 unspecified atom stereocenters. The molecule has 0 spiro atoms. The summed E-state index contributed by atoms with van der Waals surface area (Å²) in [7, 11) is 0. The van der Waals surface area contributed by atoms with E-state index in [0.717, 1.165) is 173 Å². The Morgan fingerprint density at radius 1 is 0.342 bits per heavy atom. The number of carboxylic acid groups (broad SMARTS) is 1. The van der Waals surface area contributed by atoms with Crippen LogP contribution in [-0.2, 0) is 25.7 Å². The first-order valence-corrected chi connectivity index (χ1v) is 42.7. The molecule has 10 atom stereocenters. The number of aryl methyl sites for hydroxylation is 5. The van der Waals surface area contributed by atoms with E-state index < -0.39 is 5.97 Å². The molecule has 5 aromatic carbocycles. The van der Waals surface area contributed by atoms with Crippen LogP contribution in [0, 0.1) is 36.5 Å². The van der Waals surface area contributed by atoms with E-state index in [9.17, 15) is 35.4 Å². The third-order valence-corrected chi connectivity index (χ3v) is 26.6. The summed E-state index contributed by atoms with van der Waals surface area (Å²) in [6, 6.07) is 18.0. The van der Waals surface area contributed by atoms with E-state index >= 15 is 0 Å². The number of phenolic OH excluding ortho intramolecular Hbond substituents is 4. The summed E-state index contributed by atoms with van der Waals surface area (Å²) < 4.78 is 31.5. The lowest BCUT2D eigenvalue weighted by atomic mass is 9.67. The molecule has 0 aromatic heterocycles. The number of hydrogen-bond acceptors (Lipinski definition) is 11. The number of phenols is 5. The molecule has 5 aromatic rings. The van der Waals surface area contributed by atoms with Crippen LogP contribution in [0.15, 0.2) is 113 Å². The van der Waals surface area contributed by atoms with E-state index in [4.69, 9.17) is 23.7 Å². The first-order chi connectivity index (χ1) is 52.4. The van der Waals surface area contributed by atoms with E-state index in [0.29, 0.717) is 70.0 Å². The molecule has 15 rings (SSSR count). The van der Waals surface area contributed by atoms with Crippen LogP contribution in [0.4, 0.5) is 0 Å². The Morgan fingerprint density at radius 3 is 0.937 bits per heavy atom. The number of fused-ring (bicyclic) bond motifs is 15. The molecule has 0 amide bonds. The number of aromatic carboxylic acids is 1. The quantitative estimate of drug-likeness (QED) is 0.0457. The maximum absolute atomic E-state index is 11.9. The number of allylic oxidation sites excluding steroid dienone is 10. The molecule has 0 fully saturated rings. The number of ether oxygens (including phenoxy) is 5. The van der Waals surface area contributed by atoms with Crippen molar-refractivity contribution in [2.24, 2.45) is 29.6 Å².